The van der Waals surface area contributed by atoms with Crippen LogP contribution in [0.1, 0.15) is 32.6 Å². The lowest BCUT2D eigenvalue weighted by atomic mass is 9.95. The summed E-state index contributed by atoms with van der Waals surface area (Å²) in [4.78, 5) is 13.8. The predicted octanol–water partition coefficient (Wildman–Crippen LogP) is 0.995. The molecule has 3 heteroatoms. The molecular formula is C11H20N2O. The molecule has 0 spiro atoms. The van der Waals surface area contributed by atoms with Gasteiger partial charge in [-0.15, -0.1) is 0 Å². The number of likely N-dealkylation sites (N-methyl/N-ethyl adjacent to an activating group) is 1. The second-order valence-electron chi connectivity index (χ2n) is 4.78. The number of nitrogens with zero attached hydrogens (tertiary/aromatic N) is 1. The van der Waals surface area contributed by atoms with Crippen LogP contribution in [-0.4, -0.2) is 36.5 Å². The van der Waals surface area contributed by atoms with Gasteiger partial charge in [-0.05, 0) is 32.7 Å². The van der Waals surface area contributed by atoms with Crippen LogP contribution >= 0.6 is 0 Å². The predicted molar refractivity (Wildman–Crippen MR) is 56.0 cm³/mol. The van der Waals surface area contributed by atoms with Crippen LogP contribution in [0.25, 0.3) is 0 Å². The smallest absolute Gasteiger partial charge is 0.237 e. The standard InChI is InChI=1S/C11H20N2O/c1-8-11(14)12-10(7-13(8)2)9-5-3-4-6-9/h8-10H,3-7H2,1-2H3,(H,12,14). The van der Waals surface area contributed by atoms with Crippen molar-refractivity contribution in [3.05, 3.63) is 0 Å². The highest BCUT2D eigenvalue weighted by atomic mass is 16.2. The van der Waals surface area contributed by atoms with Gasteiger partial charge < -0.3 is 5.32 Å². The van der Waals surface area contributed by atoms with E-state index in [1.54, 1.807) is 0 Å². The van der Waals surface area contributed by atoms with Crippen LogP contribution in [0.2, 0.25) is 0 Å². The maximum atomic E-state index is 11.6. The lowest BCUT2D eigenvalue weighted by molar-refractivity contribution is -0.129. The summed E-state index contributed by atoms with van der Waals surface area (Å²) in [6.45, 7) is 3.00. The molecule has 0 aromatic carbocycles. The average Bonchev–Trinajstić information content (AvgIpc) is 2.66. The van der Waals surface area contributed by atoms with Gasteiger partial charge >= 0.3 is 0 Å². The van der Waals surface area contributed by atoms with Gasteiger partial charge in [0, 0.05) is 12.6 Å². The molecule has 1 aliphatic carbocycles. The van der Waals surface area contributed by atoms with Gasteiger partial charge in [-0.1, -0.05) is 12.8 Å². The van der Waals surface area contributed by atoms with Crippen LogP contribution in [0.3, 0.4) is 0 Å². The van der Waals surface area contributed by atoms with Gasteiger partial charge in [0.2, 0.25) is 5.91 Å². The minimum atomic E-state index is 0.0488. The summed E-state index contributed by atoms with van der Waals surface area (Å²) in [7, 11) is 2.05. The Morgan fingerprint density at radius 2 is 2.00 bits per heavy atom. The zero-order valence-electron chi connectivity index (χ0n) is 9.12. The largest absolute Gasteiger partial charge is 0.350 e. The number of rotatable bonds is 1. The van der Waals surface area contributed by atoms with E-state index in [9.17, 15) is 4.79 Å². The molecule has 2 fully saturated rings. The van der Waals surface area contributed by atoms with Crippen LogP contribution in [-0.2, 0) is 4.79 Å². The molecule has 1 N–H and O–H groups in total. The average molecular weight is 196 g/mol. The lowest BCUT2D eigenvalue weighted by Gasteiger charge is -2.38. The molecule has 0 aromatic heterocycles. The Hall–Kier alpha value is -0.570. The molecule has 80 valence electrons. The molecule has 2 unspecified atom stereocenters. The quantitative estimate of drug-likeness (QED) is 0.678. The number of hydrogen-bond acceptors (Lipinski definition) is 2. The maximum Gasteiger partial charge on any atom is 0.237 e. The van der Waals surface area contributed by atoms with Crippen LogP contribution < -0.4 is 5.32 Å². The van der Waals surface area contributed by atoms with Crippen molar-refractivity contribution in [2.24, 2.45) is 5.92 Å². The molecule has 3 nitrogen and oxygen atoms in total. The first-order valence-electron chi connectivity index (χ1n) is 5.69. The second-order valence-corrected chi connectivity index (χ2v) is 4.78. The minimum absolute atomic E-state index is 0.0488. The Bertz CT molecular complexity index is 223. The van der Waals surface area contributed by atoms with Crippen LogP contribution in [0.5, 0.6) is 0 Å². The van der Waals surface area contributed by atoms with Crippen LogP contribution in [0.15, 0.2) is 0 Å². The van der Waals surface area contributed by atoms with Crippen molar-refractivity contribution in [1.82, 2.24) is 10.2 Å². The number of carbonyl (C=O) groups is 1. The number of amides is 1. The van der Waals surface area contributed by atoms with Crippen LogP contribution in [0.4, 0.5) is 0 Å². The second kappa shape index (κ2) is 3.89. The van der Waals surface area contributed by atoms with E-state index < -0.39 is 0 Å². The summed E-state index contributed by atoms with van der Waals surface area (Å²) >= 11 is 0. The van der Waals surface area contributed by atoms with Crippen molar-refractivity contribution in [2.75, 3.05) is 13.6 Å². The Kier molecular flexibility index (Phi) is 2.77. The van der Waals surface area contributed by atoms with Gasteiger partial charge in [0.15, 0.2) is 0 Å². The van der Waals surface area contributed by atoms with E-state index in [-0.39, 0.29) is 11.9 Å². The third-order valence-corrected chi connectivity index (χ3v) is 3.82. The van der Waals surface area contributed by atoms with E-state index in [4.69, 9.17) is 0 Å². The molecule has 2 aliphatic rings. The molecule has 1 heterocycles. The van der Waals surface area contributed by atoms with Gasteiger partial charge in [-0.25, -0.2) is 0 Å². The molecule has 14 heavy (non-hydrogen) atoms. The van der Waals surface area contributed by atoms with E-state index >= 15 is 0 Å². The number of carbonyl (C=O) groups excluding carboxylic acids is 1. The van der Waals surface area contributed by atoms with E-state index in [0.717, 1.165) is 12.5 Å². The third kappa shape index (κ3) is 1.78. The SMILES string of the molecule is CC1C(=O)NC(C2CCCC2)CN1C. The maximum absolute atomic E-state index is 11.6. The lowest BCUT2D eigenvalue weighted by Crippen LogP contribution is -2.59. The first-order chi connectivity index (χ1) is 6.68. The Morgan fingerprint density at radius 3 is 2.57 bits per heavy atom. The molecule has 2 rings (SSSR count). The van der Waals surface area contributed by atoms with E-state index in [0.29, 0.717) is 6.04 Å². The monoisotopic (exact) mass is 196 g/mol. The molecule has 2 atom stereocenters. The highest BCUT2D eigenvalue weighted by Crippen LogP contribution is 2.29. The molecular weight excluding hydrogens is 176 g/mol. The first-order valence-corrected chi connectivity index (χ1v) is 5.69. The Balaban J connectivity index is 1.97. The molecule has 1 aliphatic heterocycles. The normalized spacial score (nSPS) is 36.0. The summed E-state index contributed by atoms with van der Waals surface area (Å²) < 4.78 is 0. The molecule has 0 bridgehead atoms. The van der Waals surface area contributed by atoms with Crippen molar-refractivity contribution >= 4 is 5.91 Å². The molecule has 0 aromatic rings. The van der Waals surface area contributed by atoms with Gasteiger partial charge in [0.05, 0.1) is 6.04 Å². The van der Waals surface area contributed by atoms with Gasteiger partial charge in [0.25, 0.3) is 0 Å². The van der Waals surface area contributed by atoms with Crippen molar-refractivity contribution in [1.29, 1.82) is 0 Å². The van der Waals surface area contributed by atoms with Gasteiger partial charge in [-0.2, -0.15) is 0 Å². The van der Waals surface area contributed by atoms with Gasteiger partial charge in [-0.3, -0.25) is 9.69 Å². The van der Waals surface area contributed by atoms with Crippen molar-refractivity contribution in [2.45, 2.75) is 44.7 Å². The highest BCUT2D eigenvalue weighted by molar-refractivity contribution is 5.82. The zero-order valence-corrected chi connectivity index (χ0v) is 9.12. The Labute approximate surface area is 85.8 Å². The number of piperazine rings is 1. The number of nitrogens with one attached hydrogen (secondary N) is 1. The zero-order chi connectivity index (χ0) is 10.1. The fourth-order valence-corrected chi connectivity index (χ4v) is 2.64. The van der Waals surface area contributed by atoms with Crippen LogP contribution in [0, 0.1) is 5.92 Å². The molecule has 0 radical (unpaired) electrons. The van der Waals surface area contributed by atoms with E-state index in [1.807, 2.05) is 14.0 Å². The van der Waals surface area contributed by atoms with Crippen molar-refractivity contribution < 1.29 is 4.79 Å². The third-order valence-electron chi connectivity index (χ3n) is 3.82. The summed E-state index contributed by atoms with van der Waals surface area (Å²) in [5, 5.41) is 3.16. The summed E-state index contributed by atoms with van der Waals surface area (Å²) in [5.74, 6) is 0.935. The molecule has 1 amide bonds. The Morgan fingerprint density at radius 1 is 1.36 bits per heavy atom. The topological polar surface area (TPSA) is 32.3 Å². The molecule has 1 saturated carbocycles. The van der Waals surface area contributed by atoms with Crippen molar-refractivity contribution in [3.63, 3.8) is 0 Å². The summed E-state index contributed by atoms with van der Waals surface area (Å²) in [6.07, 6.45) is 5.28. The van der Waals surface area contributed by atoms with E-state index in [1.165, 1.54) is 25.7 Å². The van der Waals surface area contributed by atoms with Crippen molar-refractivity contribution in [3.8, 4) is 0 Å². The van der Waals surface area contributed by atoms with E-state index in [2.05, 4.69) is 10.2 Å². The minimum Gasteiger partial charge on any atom is -0.350 e. The fourth-order valence-electron chi connectivity index (χ4n) is 2.64. The highest BCUT2D eigenvalue weighted by Gasteiger charge is 2.34. The number of hydrogen-bond donors (Lipinski definition) is 1. The fraction of sp³-hybridized carbons (Fsp3) is 0.909. The summed E-state index contributed by atoms with van der Waals surface area (Å²) in [6, 6.07) is 0.457. The summed E-state index contributed by atoms with van der Waals surface area (Å²) in [5.41, 5.74) is 0. The van der Waals surface area contributed by atoms with Gasteiger partial charge in [0.1, 0.15) is 0 Å². The molecule has 1 saturated heterocycles. The first kappa shape index (κ1) is 9.97.